The van der Waals surface area contributed by atoms with E-state index in [1.165, 1.54) is 5.56 Å². The van der Waals surface area contributed by atoms with Crippen LogP contribution in [-0.2, 0) is 17.6 Å². The van der Waals surface area contributed by atoms with E-state index in [-0.39, 0.29) is 0 Å². The number of aliphatic hydroxyl groups excluding tert-OH is 1. The van der Waals surface area contributed by atoms with Crippen molar-refractivity contribution in [2.24, 2.45) is 5.73 Å². The number of hydrogen-bond donors (Lipinski definition) is 4. The van der Waals surface area contributed by atoms with E-state index in [4.69, 9.17) is 15.8 Å². The van der Waals surface area contributed by atoms with E-state index in [9.17, 15) is 9.90 Å². The monoisotopic (exact) mass is 393 g/mol. The van der Waals surface area contributed by atoms with Gasteiger partial charge in [0.1, 0.15) is 18.1 Å². The molecule has 0 aromatic carbocycles. The summed E-state index contributed by atoms with van der Waals surface area (Å²) in [6.45, 7) is 2.81. The molecule has 1 aromatic rings. The number of unbranched alkanes of at least 4 members (excludes halogenated alkanes) is 1. The van der Waals surface area contributed by atoms with Gasteiger partial charge in [0.2, 0.25) is 0 Å². The maximum atomic E-state index is 10.9. The van der Waals surface area contributed by atoms with Crippen LogP contribution in [0.3, 0.4) is 0 Å². The number of nitrogens with two attached hydrogens (primary N) is 1. The van der Waals surface area contributed by atoms with Crippen molar-refractivity contribution in [2.45, 2.75) is 50.8 Å². The zero-order valence-electron chi connectivity index (χ0n) is 17.1. The Hall–Kier alpha value is -1.74. The number of hydrogen-bond acceptors (Lipinski definition) is 7. The highest BCUT2D eigenvalue weighted by Crippen LogP contribution is 2.20. The highest BCUT2D eigenvalue weighted by molar-refractivity contribution is 5.72. The van der Waals surface area contributed by atoms with Crippen molar-refractivity contribution in [1.29, 1.82) is 0 Å². The summed E-state index contributed by atoms with van der Waals surface area (Å²) in [5, 5.41) is 22.5. The van der Waals surface area contributed by atoms with Crippen LogP contribution in [0.2, 0.25) is 0 Å². The van der Waals surface area contributed by atoms with Gasteiger partial charge in [0, 0.05) is 25.3 Å². The van der Waals surface area contributed by atoms with Crippen molar-refractivity contribution in [3.63, 3.8) is 0 Å². The van der Waals surface area contributed by atoms with E-state index in [1.807, 2.05) is 14.1 Å². The van der Waals surface area contributed by atoms with Crippen molar-refractivity contribution in [3.05, 3.63) is 23.4 Å². The van der Waals surface area contributed by atoms with Crippen molar-refractivity contribution in [2.75, 3.05) is 45.6 Å². The Morgan fingerprint density at radius 1 is 1.32 bits per heavy atom. The topological polar surface area (TPSA) is 115 Å². The molecule has 2 atom stereocenters. The van der Waals surface area contributed by atoms with Crippen LogP contribution >= 0.6 is 0 Å². The number of aliphatic carboxylic acids is 1. The average molecular weight is 394 g/mol. The fraction of sp³-hybridized carbons (Fsp3) is 0.700. The Labute approximate surface area is 167 Å². The van der Waals surface area contributed by atoms with Gasteiger partial charge >= 0.3 is 5.97 Å². The largest absolute Gasteiger partial charge is 0.480 e. The van der Waals surface area contributed by atoms with Gasteiger partial charge < -0.3 is 21.3 Å². The Bertz CT molecular complexity index is 626. The second-order valence-electron chi connectivity index (χ2n) is 7.78. The van der Waals surface area contributed by atoms with Crippen LogP contribution in [0.4, 0.5) is 5.82 Å². The molecule has 0 saturated heterocycles. The third-order valence-corrected chi connectivity index (χ3v) is 5.20. The minimum Gasteiger partial charge on any atom is -0.480 e. The van der Waals surface area contributed by atoms with Crippen molar-refractivity contribution >= 4 is 11.8 Å². The number of fused-ring (bicyclic) bond motifs is 1. The number of carboxylic acid groups (broad SMARTS) is 1. The summed E-state index contributed by atoms with van der Waals surface area (Å²) in [4.78, 5) is 19.5. The maximum Gasteiger partial charge on any atom is 0.320 e. The Morgan fingerprint density at radius 2 is 2.11 bits per heavy atom. The molecular formula is C20H35N5O3. The normalized spacial score (nSPS) is 15.9. The first kappa shape index (κ1) is 22.5. The molecule has 0 spiro atoms. The smallest absolute Gasteiger partial charge is 0.320 e. The number of pyridine rings is 1. The molecule has 0 radical (unpaired) electrons. The van der Waals surface area contributed by atoms with Crippen LogP contribution < -0.4 is 11.1 Å². The number of aromatic nitrogens is 1. The number of aryl methyl sites for hydroxylation is 2. The van der Waals surface area contributed by atoms with Crippen LogP contribution in [0.15, 0.2) is 12.1 Å². The van der Waals surface area contributed by atoms with Crippen LogP contribution in [0.25, 0.3) is 0 Å². The van der Waals surface area contributed by atoms with Crippen LogP contribution in [0.1, 0.15) is 36.9 Å². The van der Waals surface area contributed by atoms with Crippen molar-refractivity contribution in [1.82, 2.24) is 14.8 Å². The second-order valence-corrected chi connectivity index (χ2v) is 7.78. The fourth-order valence-electron chi connectivity index (χ4n) is 3.28. The third-order valence-electron chi connectivity index (χ3n) is 5.20. The summed E-state index contributed by atoms with van der Waals surface area (Å²) in [6.07, 6.45) is 4.89. The first-order chi connectivity index (χ1) is 13.4. The number of carboxylic acids is 1. The molecule has 8 heteroatoms. The van der Waals surface area contributed by atoms with Gasteiger partial charge in [-0.25, -0.2) is 4.98 Å². The van der Waals surface area contributed by atoms with Gasteiger partial charge in [-0.15, -0.1) is 0 Å². The lowest BCUT2D eigenvalue weighted by molar-refractivity contribution is -0.138. The zero-order chi connectivity index (χ0) is 20.5. The molecule has 0 unspecified atom stereocenters. The molecule has 158 valence electrons. The summed E-state index contributed by atoms with van der Waals surface area (Å²) in [7, 11) is 3.64. The molecule has 28 heavy (non-hydrogen) atoms. The number of carbonyl (C=O) groups is 1. The van der Waals surface area contributed by atoms with Gasteiger partial charge in [-0.05, 0) is 70.8 Å². The maximum absolute atomic E-state index is 10.9. The molecule has 0 amide bonds. The predicted molar refractivity (Wildman–Crippen MR) is 110 cm³/mol. The molecule has 2 heterocycles. The van der Waals surface area contributed by atoms with Gasteiger partial charge in [-0.1, -0.05) is 6.07 Å². The molecule has 5 N–H and O–H groups in total. The van der Waals surface area contributed by atoms with Crippen molar-refractivity contribution < 1.29 is 15.0 Å². The van der Waals surface area contributed by atoms with E-state index in [0.29, 0.717) is 19.5 Å². The van der Waals surface area contributed by atoms with E-state index < -0.39 is 18.2 Å². The Kier molecular flexibility index (Phi) is 9.11. The number of likely N-dealkylation sites (N-methyl/N-ethyl adjacent to an activating group) is 1. The molecule has 8 nitrogen and oxygen atoms in total. The lowest BCUT2D eigenvalue weighted by Crippen LogP contribution is -2.43. The van der Waals surface area contributed by atoms with E-state index in [0.717, 1.165) is 56.7 Å². The highest BCUT2D eigenvalue weighted by atomic mass is 16.4. The molecule has 0 aliphatic carbocycles. The molecule has 2 rings (SSSR count). The minimum atomic E-state index is -0.986. The van der Waals surface area contributed by atoms with Crippen molar-refractivity contribution in [3.8, 4) is 0 Å². The van der Waals surface area contributed by atoms with Gasteiger partial charge in [-0.3, -0.25) is 14.6 Å². The molecule has 1 aromatic heterocycles. The third kappa shape index (κ3) is 7.35. The van der Waals surface area contributed by atoms with E-state index in [2.05, 4.69) is 22.3 Å². The van der Waals surface area contributed by atoms with Gasteiger partial charge in [0.25, 0.3) is 0 Å². The highest BCUT2D eigenvalue weighted by Gasteiger charge is 2.17. The van der Waals surface area contributed by atoms with Crippen LogP contribution in [0.5, 0.6) is 0 Å². The first-order valence-corrected chi connectivity index (χ1v) is 10.1. The quantitative estimate of drug-likeness (QED) is 0.304. The Balaban J connectivity index is 1.79. The first-order valence-electron chi connectivity index (χ1n) is 10.1. The van der Waals surface area contributed by atoms with Crippen LogP contribution in [-0.4, -0.2) is 83.5 Å². The van der Waals surface area contributed by atoms with Crippen LogP contribution in [0, 0.1) is 0 Å². The fourth-order valence-corrected chi connectivity index (χ4v) is 3.28. The van der Waals surface area contributed by atoms with Gasteiger partial charge in [0.05, 0.1) is 0 Å². The number of nitrogens with one attached hydrogen (secondary N) is 1. The molecular weight excluding hydrogens is 358 g/mol. The molecule has 1 aliphatic rings. The SMILES string of the molecule is CN(C)[C@@H](O)CN(CCCCc1ccc2c(n1)NCCC2)CC[C@H](N)C(=O)O. The minimum absolute atomic E-state index is 0.369. The van der Waals surface area contributed by atoms with Gasteiger partial charge in [0.15, 0.2) is 0 Å². The number of nitrogens with zero attached hydrogens (tertiary/aromatic N) is 3. The van der Waals surface area contributed by atoms with Gasteiger partial charge in [-0.2, -0.15) is 0 Å². The predicted octanol–water partition coefficient (Wildman–Crippen LogP) is 0.746. The lowest BCUT2D eigenvalue weighted by atomic mass is 10.1. The summed E-state index contributed by atoms with van der Waals surface area (Å²) in [5.41, 5.74) is 8.03. The Morgan fingerprint density at radius 3 is 2.82 bits per heavy atom. The summed E-state index contributed by atoms with van der Waals surface area (Å²) in [5.74, 6) is 0.0438. The van der Waals surface area contributed by atoms with E-state index >= 15 is 0 Å². The lowest BCUT2D eigenvalue weighted by Gasteiger charge is -2.28. The number of anilines is 1. The molecule has 1 aliphatic heterocycles. The number of aliphatic hydroxyl groups is 1. The molecule has 0 fully saturated rings. The molecule has 0 bridgehead atoms. The summed E-state index contributed by atoms with van der Waals surface area (Å²) in [6, 6.07) is 3.42. The molecule has 0 saturated carbocycles. The zero-order valence-corrected chi connectivity index (χ0v) is 17.1. The summed E-state index contributed by atoms with van der Waals surface area (Å²) >= 11 is 0. The van der Waals surface area contributed by atoms with E-state index in [1.54, 1.807) is 4.90 Å². The second kappa shape index (κ2) is 11.3. The number of rotatable bonds is 12. The summed E-state index contributed by atoms with van der Waals surface area (Å²) < 4.78 is 0. The average Bonchev–Trinajstić information content (AvgIpc) is 2.68. The standard InChI is InChI=1S/C20H35N5O3/c1-24(2)18(26)14-25(13-10-17(21)20(27)28)12-4-3-7-16-9-8-15-6-5-11-22-19(15)23-16/h8-9,17-18,26H,3-7,10-14,21H2,1-2H3,(H,22,23)(H,27,28)/t17-,18-/m0/s1.